The predicted molar refractivity (Wildman–Crippen MR) is 81.2 cm³/mol. The van der Waals surface area contributed by atoms with Crippen molar-refractivity contribution in [3.05, 3.63) is 35.9 Å². The molecule has 0 saturated heterocycles. The second-order valence-corrected chi connectivity index (χ2v) is 5.60. The molecule has 0 spiro atoms. The first-order chi connectivity index (χ1) is 9.03. The van der Waals surface area contributed by atoms with Gasteiger partial charge >= 0.3 is 0 Å². The van der Waals surface area contributed by atoms with Crippen LogP contribution in [0.1, 0.15) is 32.3 Å². The molecule has 0 bridgehead atoms. The summed E-state index contributed by atoms with van der Waals surface area (Å²) in [5.41, 5.74) is 0.780. The highest BCUT2D eigenvalue weighted by atomic mass is 16.3. The van der Waals surface area contributed by atoms with E-state index in [1.165, 1.54) is 5.56 Å². The average Bonchev–Trinajstić information content (AvgIpc) is 2.39. The molecule has 0 aliphatic rings. The maximum Gasteiger partial charge on any atom is 0.0740 e. The Kier molecular flexibility index (Phi) is 7.06. The summed E-state index contributed by atoms with van der Waals surface area (Å²) >= 11 is 0. The lowest BCUT2D eigenvalue weighted by Gasteiger charge is -2.22. The number of rotatable bonds is 9. The zero-order chi connectivity index (χ0) is 14.1. The average molecular weight is 264 g/mol. The van der Waals surface area contributed by atoms with E-state index in [4.69, 9.17) is 0 Å². The Morgan fingerprint density at radius 3 is 2.58 bits per heavy atom. The first-order valence-electron chi connectivity index (χ1n) is 7.19. The Morgan fingerprint density at radius 2 is 1.95 bits per heavy atom. The topological polar surface area (TPSA) is 35.5 Å². The van der Waals surface area contributed by atoms with Gasteiger partial charge in [0.25, 0.3) is 0 Å². The fourth-order valence-electron chi connectivity index (χ4n) is 1.93. The van der Waals surface area contributed by atoms with E-state index >= 15 is 0 Å². The number of hydrogen-bond acceptors (Lipinski definition) is 3. The van der Waals surface area contributed by atoms with E-state index in [1.807, 2.05) is 19.9 Å². The second kappa shape index (κ2) is 8.31. The lowest BCUT2D eigenvalue weighted by atomic mass is 10.0. The van der Waals surface area contributed by atoms with Crippen molar-refractivity contribution in [3.8, 4) is 0 Å². The van der Waals surface area contributed by atoms with Crippen molar-refractivity contribution >= 4 is 0 Å². The molecule has 1 aromatic carbocycles. The summed E-state index contributed by atoms with van der Waals surface area (Å²) in [6, 6.07) is 10.5. The molecular formula is C16H28N2O. The fraction of sp³-hybridized carbons (Fsp3) is 0.625. The van der Waals surface area contributed by atoms with Gasteiger partial charge in [0.1, 0.15) is 0 Å². The molecule has 0 radical (unpaired) electrons. The summed E-state index contributed by atoms with van der Waals surface area (Å²) in [4.78, 5) is 2.33. The minimum atomic E-state index is -0.573. The molecule has 19 heavy (non-hydrogen) atoms. The third kappa shape index (κ3) is 7.31. The van der Waals surface area contributed by atoms with Crippen molar-refractivity contribution in [2.45, 2.75) is 38.8 Å². The van der Waals surface area contributed by atoms with E-state index in [1.54, 1.807) is 0 Å². The molecule has 1 unspecified atom stereocenters. The summed E-state index contributed by atoms with van der Waals surface area (Å²) < 4.78 is 0. The van der Waals surface area contributed by atoms with Crippen molar-refractivity contribution in [1.82, 2.24) is 10.2 Å². The second-order valence-electron chi connectivity index (χ2n) is 5.60. The summed E-state index contributed by atoms with van der Waals surface area (Å²) in [5.74, 6) is 0. The molecule has 0 saturated carbocycles. The SMILES string of the molecule is CCC(C)(O)CNCCCN(C)Cc1ccccc1. The molecule has 108 valence electrons. The van der Waals surface area contributed by atoms with Crippen LogP contribution in [0.4, 0.5) is 0 Å². The zero-order valence-electron chi connectivity index (χ0n) is 12.5. The van der Waals surface area contributed by atoms with E-state index in [2.05, 4.69) is 41.5 Å². The molecule has 3 heteroatoms. The number of hydrogen-bond donors (Lipinski definition) is 2. The predicted octanol–water partition coefficient (Wildman–Crippen LogP) is 2.26. The van der Waals surface area contributed by atoms with Gasteiger partial charge in [-0.15, -0.1) is 0 Å². The largest absolute Gasteiger partial charge is 0.389 e. The molecule has 1 atom stereocenters. The molecule has 0 fully saturated rings. The Bertz CT molecular complexity index is 338. The molecule has 0 heterocycles. The van der Waals surface area contributed by atoms with Gasteiger partial charge < -0.3 is 15.3 Å². The molecule has 0 aliphatic heterocycles. The van der Waals surface area contributed by atoms with Gasteiger partial charge in [0.15, 0.2) is 0 Å². The van der Waals surface area contributed by atoms with Crippen molar-refractivity contribution in [3.63, 3.8) is 0 Å². The van der Waals surface area contributed by atoms with Gasteiger partial charge in [-0.05, 0) is 45.5 Å². The van der Waals surface area contributed by atoms with Crippen molar-refractivity contribution in [2.75, 3.05) is 26.7 Å². The summed E-state index contributed by atoms with van der Waals surface area (Å²) in [5, 5.41) is 13.2. The molecule has 3 nitrogen and oxygen atoms in total. The van der Waals surface area contributed by atoms with Crippen molar-refractivity contribution in [1.29, 1.82) is 0 Å². The van der Waals surface area contributed by atoms with E-state index in [9.17, 15) is 5.11 Å². The lowest BCUT2D eigenvalue weighted by Crippen LogP contribution is -2.38. The number of aliphatic hydroxyl groups is 1. The van der Waals surface area contributed by atoms with E-state index < -0.39 is 5.60 Å². The summed E-state index contributed by atoms with van der Waals surface area (Å²) in [6.45, 7) is 7.57. The van der Waals surface area contributed by atoms with E-state index in [0.29, 0.717) is 6.54 Å². The van der Waals surface area contributed by atoms with Crippen LogP contribution in [0.2, 0.25) is 0 Å². The van der Waals surface area contributed by atoms with Crippen LogP contribution >= 0.6 is 0 Å². The highest BCUT2D eigenvalue weighted by molar-refractivity contribution is 5.14. The monoisotopic (exact) mass is 264 g/mol. The van der Waals surface area contributed by atoms with Gasteiger partial charge in [-0.3, -0.25) is 0 Å². The number of nitrogens with one attached hydrogen (secondary N) is 1. The highest BCUT2D eigenvalue weighted by Crippen LogP contribution is 2.06. The van der Waals surface area contributed by atoms with Crippen LogP contribution in [-0.2, 0) is 6.54 Å². The van der Waals surface area contributed by atoms with Crippen LogP contribution < -0.4 is 5.32 Å². The van der Waals surface area contributed by atoms with Gasteiger partial charge in [0.2, 0.25) is 0 Å². The van der Waals surface area contributed by atoms with Gasteiger partial charge in [-0.25, -0.2) is 0 Å². The minimum Gasteiger partial charge on any atom is -0.389 e. The van der Waals surface area contributed by atoms with Gasteiger partial charge in [0, 0.05) is 13.1 Å². The summed E-state index contributed by atoms with van der Waals surface area (Å²) in [6.07, 6.45) is 1.89. The third-order valence-corrected chi connectivity index (χ3v) is 3.46. The quantitative estimate of drug-likeness (QED) is 0.672. The molecule has 0 aliphatic carbocycles. The molecule has 0 aromatic heterocycles. The highest BCUT2D eigenvalue weighted by Gasteiger charge is 2.15. The van der Waals surface area contributed by atoms with Crippen LogP contribution in [0.25, 0.3) is 0 Å². The first-order valence-corrected chi connectivity index (χ1v) is 7.19. The molecule has 1 rings (SSSR count). The zero-order valence-corrected chi connectivity index (χ0v) is 12.5. The Hall–Kier alpha value is -0.900. The maximum atomic E-state index is 9.85. The molecule has 2 N–H and O–H groups in total. The van der Waals surface area contributed by atoms with Crippen LogP contribution in [-0.4, -0.2) is 42.3 Å². The fourth-order valence-corrected chi connectivity index (χ4v) is 1.93. The summed E-state index contributed by atoms with van der Waals surface area (Å²) in [7, 11) is 2.15. The normalized spacial score (nSPS) is 14.6. The number of benzene rings is 1. The van der Waals surface area contributed by atoms with Gasteiger partial charge in [-0.1, -0.05) is 37.3 Å². The van der Waals surface area contributed by atoms with Crippen LogP contribution in [0.3, 0.4) is 0 Å². The minimum absolute atomic E-state index is 0.573. The first kappa shape index (κ1) is 16.2. The maximum absolute atomic E-state index is 9.85. The standard InChI is InChI=1S/C16H28N2O/c1-4-16(2,19)14-17-11-8-12-18(3)13-15-9-6-5-7-10-15/h5-7,9-10,17,19H,4,8,11-14H2,1-3H3. The Labute approximate surface area is 117 Å². The molecule has 0 amide bonds. The number of nitrogens with zero attached hydrogens (tertiary/aromatic N) is 1. The van der Waals surface area contributed by atoms with Crippen LogP contribution in [0, 0.1) is 0 Å². The van der Waals surface area contributed by atoms with Gasteiger partial charge in [0.05, 0.1) is 5.60 Å². The van der Waals surface area contributed by atoms with Crippen molar-refractivity contribution < 1.29 is 5.11 Å². The smallest absolute Gasteiger partial charge is 0.0740 e. The van der Waals surface area contributed by atoms with E-state index in [0.717, 1.165) is 32.5 Å². The van der Waals surface area contributed by atoms with Crippen LogP contribution in [0.5, 0.6) is 0 Å². The third-order valence-electron chi connectivity index (χ3n) is 3.46. The van der Waals surface area contributed by atoms with Crippen LogP contribution in [0.15, 0.2) is 30.3 Å². The van der Waals surface area contributed by atoms with Crippen molar-refractivity contribution in [2.24, 2.45) is 0 Å². The van der Waals surface area contributed by atoms with Gasteiger partial charge in [-0.2, -0.15) is 0 Å². The lowest BCUT2D eigenvalue weighted by molar-refractivity contribution is 0.0558. The Morgan fingerprint density at radius 1 is 1.26 bits per heavy atom. The Balaban J connectivity index is 2.09. The van der Waals surface area contributed by atoms with E-state index in [-0.39, 0.29) is 0 Å². The molecular weight excluding hydrogens is 236 g/mol. The molecule has 1 aromatic rings.